The first kappa shape index (κ1) is 28.6. The van der Waals surface area contributed by atoms with E-state index in [1.807, 2.05) is 32.0 Å². The van der Waals surface area contributed by atoms with Crippen molar-refractivity contribution in [3.05, 3.63) is 79.5 Å². The topological polar surface area (TPSA) is 90.3 Å². The van der Waals surface area contributed by atoms with Crippen LogP contribution in [0.1, 0.15) is 26.3 Å². The van der Waals surface area contributed by atoms with Crippen LogP contribution in [0.3, 0.4) is 0 Å². The number of hydrogen-bond donors (Lipinski definition) is 1. The van der Waals surface area contributed by atoms with Gasteiger partial charge in [0, 0.05) is 45.6 Å². The van der Waals surface area contributed by atoms with E-state index in [0.717, 1.165) is 5.56 Å². The summed E-state index contributed by atoms with van der Waals surface area (Å²) in [6, 6.07) is 14.2. The summed E-state index contributed by atoms with van der Waals surface area (Å²) in [5, 5.41) is 4.74. The fourth-order valence-electron chi connectivity index (χ4n) is 4.28. The number of benzene rings is 2. The Hall–Kier alpha value is -3.39. The van der Waals surface area contributed by atoms with E-state index < -0.39 is 18.5 Å². The summed E-state index contributed by atoms with van der Waals surface area (Å²) in [4.78, 5) is 42.5. The summed E-state index contributed by atoms with van der Waals surface area (Å²) in [7, 11) is 0. The Morgan fingerprint density at radius 2 is 1.67 bits per heavy atom. The first-order valence-electron chi connectivity index (χ1n) is 12.2. The van der Waals surface area contributed by atoms with Crippen molar-refractivity contribution in [2.24, 2.45) is 5.92 Å². The molecule has 0 radical (unpaired) electrons. The molecule has 0 unspecified atom stereocenters. The number of halogens is 3. The van der Waals surface area contributed by atoms with Gasteiger partial charge in [-0.25, -0.2) is 4.98 Å². The minimum atomic E-state index is -0.588. The Morgan fingerprint density at radius 1 is 1.00 bits per heavy atom. The normalized spacial score (nSPS) is 11.2. The molecule has 7 nitrogen and oxygen atoms in total. The van der Waals surface area contributed by atoms with E-state index in [0.29, 0.717) is 60.7 Å². The van der Waals surface area contributed by atoms with Crippen LogP contribution in [0.4, 0.5) is 5.69 Å². The lowest BCUT2D eigenvalue weighted by Crippen LogP contribution is -2.29. The molecule has 1 amide bonds. The molecule has 0 atom stereocenters. The second kappa shape index (κ2) is 11.8. The van der Waals surface area contributed by atoms with Crippen molar-refractivity contribution in [3.8, 4) is 22.4 Å². The number of nitrogens with one attached hydrogen (secondary N) is 1. The van der Waals surface area contributed by atoms with Gasteiger partial charge in [0.25, 0.3) is 11.5 Å². The zero-order chi connectivity index (χ0) is 28.4. The highest BCUT2D eigenvalue weighted by Gasteiger charge is 2.22. The number of rotatable bonds is 7. The van der Waals surface area contributed by atoms with Gasteiger partial charge in [0.15, 0.2) is 6.61 Å². The van der Waals surface area contributed by atoms with Crippen LogP contribution in [0.15, 0.2) is 53.3 Å². The quantitative estimate of drug-likeness (QED) is 0.232. The molecule has 4 rings (SSSR count). The van der Waals surface area contributed by atoms with E-state index in [1.54, 1.807) is 41.8 Å². The third kappa shape index (κ3) is 6.27. The summed E-state index contributed by atoms with van der Waals surface area (Å²) in [6.45, 7) is 6.78. The number of fused-ring (bicyclic) bond motifs is 1. The van der Waals surface area contributed by atoms with Crippen LogP contribution in [0.5, 0.6) is 0 Å². The average Bonchev–Trinajstić information content (AvgIpc) is 2.88. The molecular formula is C29H26Cl3N3O4. The molecule has 0 aliphatic heterocycles. The van der Waals surface area contributed by atoms with Crippen molar-refractivity contribution in [1.82, 2.24) is 9.55 Å². The molecule has 0 aliphatic rings. The van der Waals surface area contributed by atoms with Crippen LogP contribution < -0.4 is 10.9 Å². The molecule has 0 saturated carbocycles. The number of hydrogen-bond acceptors (Lipinski definition) is 5. The molecular weight excluding hydrogens is 561 g/mol. The number of carbonyl (C=O) groups is 2. The van der Waals surface area contributed by atoms with E-state index in [9.17, 15) is 14.4 Å². The lowest BCUT2D eigenvalue weighted by Gasteiger charge is -2.20. The van der Waals surface area contributed by atoms with Crippen molar-refractivity contribution < 1.29 is 14.3 Å². The summed E-state index contributed by atoms with van der Waals surface area (Å²) >= 11 is 19.0. The predicted molar refractivity (Wildman–Crippen MR) is 157 cm³/mol. The smallest absolute Gasteiger partial charge is 0.303 e. The summed E-state index contributed by atoms with van der Waals surface area (Å²) in [5.41, 5.74) is 3.37. The number of ether oxygens (including phenoxy) is 1. The van der Waals surface area contributed by atoms with E-state index >= 15 is 0 Å². The summed E-state index contributed by atoms with van der Waals surface area (Å²) in [6.07, 6.45) is 0. The van der Waals surface area contributed by atoms with Gasteiger partial charge in [-0.2, -0.15) is 0 Å². The Morgan fingerprint density at radius 3 is 2.28 bits per heavy atom. The minimum Gasteiger partial charge on any atom is -0.456 e. The number of carbonyl (C=O) groups excluding carboxylic acids is 2. The molecule has 4 aromatic rings. The molecule has 0 spiro atoms. The summed E-state index contributed by atoms with van der Waals surface area (Å²) in [5.74, 6) is -1.03. The molecule has 10 heteroatoms. The Kier molecular flexibility index (Phi) is 8.64. The lowest BCUT2D eigenvalue weighted by atomic mass is 9.97. The number of esters is 1. The van der Waals surface area contributed by atoms with E-state index in [1.165, 1.54) is 6.92 Å². The number of aromatic nitrogens is 2. The van der Waals surface area contributed by atoms with Gasteiger partial charge in [-0.3, -0.25) is 19.0 Å². The molecule has 0 bridgehead atoms. The highest BCUT2D eigenvalue weighted by molar-refractivity contribution is 6.36. The molecule has 2 aromatic carbocycles. The maximum Gasteiger partial charge on any atom is 0.303 e. The number of amides is 1. The van der Waals surface area contributed by atoms with Gasteiger partial charge in [0.1, 0.15) is 5.65 Å². The van der Waals surface area contributed by atoms with Gasteiger partial charge in [0.05, 0.1) is 16.4 Å². The second-order valence-corrected chi connectivity index (χ2v) is 10.8. The maximum absolute atomic E-state index is 13.6. The Bertz CT molecular complexity index is 1650. The SMILES string of the molecule is CC(=O)OCC(=O)Nc1c(C)c(=O)n(CC(C)C)c2nc(-c3ccc(Cl)cc3Cl)c(-c3ccc(Cl)cc3)cc12. The fraction of sp³-hybridized carbons (Fsp3) is 0.241. The van der Waals surface area contributed by atoms with E-state index in [-0.39, 0.29) is 11.5 Å². The van der Waals surface area contributed by atoms with Gasteiger partial charge in [0.2, 0.25) is 0 Å². The largest absolute Gasteiger partial charge is 0.456 e. The third-order valence-electron chi connectivity index (χ3n) is 6.03. The molecule has 0 aliphatic carbocycles. The third-order valence-corrected chi connectivity index (χ3v) is 6.83. The van der Waals surface area contributed by atoms with Gasteiger partial charge in [-0.05, 0) is 54.8 Å². The lowest BCUT2D eigenvalue weighted by molar-refractivity contribution is -0.144. The number of nitrogens with zero attached hydrogens (tertiary/aromatic N) is 2. The molecule has 202 valence electrons. The standard InChI is InChI=1S/C29H26Cl3N3O4/c1-15(2)13-35-28-23(26(16(3)29(35)38)33-25(37)14-39-17(4)36)12-22(18-5-7-19(30)8-6-18)27(34-28)21-10-9-20(31)11-24(21)32/h5-12,15H,13-14H2,1-4H3,(H,33,37). The van der Waals surface area contributed by atoms with Crippen LogP contribution in [0, 0.1) is 12.8 Å². The molecule has 39 heavy (non-hydrogen) atoms. The second-order valence-electron chi connectivity index (χ2n) is 9.52. The van der Waals surface area contributed by atoms with Crippen LogP contribution in [-0.4, -0.2) is 28.0 Å². The fourth-order valence-corrected chi connectivity index (χ4v) is 4.90. The number of anilines is 1. The zero-order valence-electron chi connectivity index (χ0n) is 21.8. The highest BCUT2D eigenvalue weighted by Crippen LogP contribution is 2.39. The van der Waals surface area contributed by atoms with Crippen molar-refractivity contribution in [1.29, 1.82) is 0 Å². The van der Waals surface area contributed by atoms with Crippen LogP contribution in [-0.2, 0) is 20.9 Å². The summed E-state index contributed by atoms with van der Waals surface area (Å²) < 4.78 is 6.46. The van der Waals surface area contributed by atoms with Crippen molar-refractivity contribution in [2.45, 2.75) is 34.2 Å². The first-order valence-corrected chi connectivity index (χ1v) is 13.3. The molecule has 0 fully saturated rings. The van der Waals surface area contributed by atoms with Crippen molar-refractivity contribution >= 4 is 63.4 Å². The van der Waals surface area contributed by atoms with E-state index in [4.69, 9.17) is 44.5 Å². The predicted octanol–water partition coefficient (Wildman–Crippen LogP) is 7.16. The van der Waals surface area contributed by atoms with Crippen LogP contribution in [0.2, 0.25) is 15.1 Å². The number of pyridine rings is 2. The minimum absolute atomic E-state index is 0.134. The van der Waals surface area contributed by atoms with Gasteiger partial charge in [-0.1, -0.05) is 60.8 Å². The average molecular weight is 587 g/mol. The van der Waals surface area contributed by atoms with Gasteiger partial charge in [-0.15, -0.1) is 0 Å². The molecule has 0 saturated heterocycles. The van der Waals surface area contributed by atoms with E-state index in [2.05, 4.69) is 5.32 Å². The van der Waals surface area contributed by atoms with Crippen LogP contribution in [0.25, 0.3) is 33.4 Å². The van der Waals surface area contributed by atoms with Crippen molar-refractivity contribution in [2.75, 3.05) is 11.9 Å². The highest BCUT2D eigenvalue weighted by atomic mass is 35.5. The zero-order valence-corrected chi connectivity index (χ0v) is 24.0. The Balaban J connectivity index is 2.08. The van der Waals surface area contributed by atoms with Crippen LogP contribution >= 0.6 is 34.8 Å². The van der Waals surface area contributed by atoms with Gasteiger partial charge < -0.3 is 10.1 Å². The Labute approximate surface area is 240 Å². The van der Waals surface area contributed by atoms with Crippen molar-refractivity contribution in [3.63, 3.8) is 0 Å². The van der Waals surface area contributed by atoms with Gasteiger partial charge >= 0.3 is 5.97 Å². The monoisotopic (exact) mass is 585 g/mol. The molecule has 2 heterocycles. The maximum atomic E-state index is 13.6. The first-order chi connectivity index (χ1) is 18.5. The molecule has 2 aromatic heterocycles. The molecule has 1 N–H and O–H groups in total.